The minimum atomic E-state index is -0.722. The first kappa shape index (κ1) is 23.5. The molecular weight excluding hydrogens is 405 g/mol. The zero-order chi connectivity index (χ0) is 22.9. The average Bonchev–Trinajstić information content (AvgIpc) is 2.81. The number of carbonyl (C=O) groups excluding carboxylic acids is 1. The number of ketones is 1. The van der Waals surface area contributed by atoms with Gasteiger partial charge >= 0.3 is 0 Å². The molecule has 0 radical (unpaired) electrons. The molecule has 1 atom stereocenters. The van der Waals surface area contributed by atoms with E-state index in [1.807, 2.05) is 36.4 Å². The Morgan fingerprint density at radius 3 is 2.31 bits per heavy atom. The number of aliphatic hydroxyl groups excluding tert-OH is 1. The third-order valence-electron chi connectivity index (χ3n) is 5.29. The lowest BCUT2D eigenvalue weighted by Crippen LogP contribution is -2.40. The highest BCUT2D eigenvalue weighted by Crippen LogP contribution is 2.22. The summed E-state index contributed by atoms with van der Waals surface area (Å²) in [4.78, 5) is 14.9. The maximum Gasteiger partial charge on any atom is 0.166 e. The van der Waals surface area contributed by atoms with E-state index in [1.165, 1.54) is 12.1 Å². The Labute approximate surface area is 189 Å². The number of para-hydroxylation sites is 2. The number of aryl methyl sites for hydroxylation is 1. The highest BCUT2D eigenvalue weighted by Gasteiger charge is 2.18. The lowest BCUT2D eigenvalue weighted by Gasteiger charge is -2.31. The van der Waals surface area contributed by atoms with Crippen LogP contribution < -0.4 is 9.64 Å². The first-order chi connectivity index (χ1) is 15.4. The van der Waals surface area contributed by atoms with Crippen molar-refractivity contribution in [2.24, 2.45) is 0 Å². The molecule has 168 valence electrons. The Bertz CT molecular complexity index is 989. The van der Waals surface area contributed by atoms with Gasteiger partial charge < -0.3 is 14.7 Å². The molecule has 0 aromatic heterocycles. The second-order valence-electron chi connectivity index (χ2n) is 8.09. The zero-order valence-electron chi connectivity index (χ0n) is 18.6. The number of nitrogens with zero attached hydrogens (tertiary/aromatic N) is 1. The summed E-state index contributed by atoms with van der Waals surface area (Å²) in [6.07, 6.45) is 0.0974. The van der Waals surface area contributed by atoms with Gasteiger partial charge in [-0.05, 0) is 62.2 Å². The number of hydrogen-bond donors (Lipinski definition) is 1. The van der Waals surface area contributed by atoms with Crippen molar-refractivity contribution in [1.29, 1.82) is 0 Å². The van der Waals surface area contributed by atoms with E-state index in [-0.39, 0.29) is 24.2 Å². The molecule has 0 aliphatic heterocycles. The van der Waals surface area contributed by atoms with Gasteiger partial charge in [0.15, 0.2) is 5.78 Å². The second kappa shape index (κ2) is 11.4. The maximum atomic E-state index is 13.1. The Morgan fingerprint density at radius 2 is 1.62 bits per heavy atom. The molecule has 0 fully saturated rings. The van der Waals surface area contributed by atoms with Crippen LogP contribution in [0.5, 0.6) is 5.75 Å². The van der Waals surface area contributed by atoms with Crippen LogP contribution in [0.25, 0.3) is 0 Å². The Balaban J connectivity index is 1.59. The molecule has 0 bridgehead atoms. The third kappa shape index (κ3) is 6.66. The smallest absolute Gasteiger partial charge is 0.166 e. The highest BCUT2D eigenvalue weighted by molar-refractivity contribution is 5.98. The average molecular weight is 436 g/mol. The fraction of sp³-hybridized carbons (Fsp3) is 0.296. The van der Waals surface area contributed by atoms with Gasteiger partial charge in [-0.2, -0.15) is 0 Å². The van der Waals surface area contributed by atoms with E-state index in [1.54, 1.807) is 30.3 Å². The molecular formula is C27H30FNO3. The van der Waals surface area contributed by atoms with Crippen molar-refractivity contribution >= 4 is 11.5 Å². The van der Waals surface area contributed by atoms with Gasteiger partial charge in [-0.3, -0.25) is 4.79 Å². The van der Waals surface area contributed by atoms with E-state index in [0.717, 1.165) is 11.3 Å². The molecule has 0 saturated carbocycles. The lowest BCUT2D eigenvalue weighted by molar-refractivity contribution is 0.0957. The number of Topliss-reactive ketones (excluding diaryl/α,β-unsaturated/α-hetero) is 1. The van der Waals surface area contributed by atoms with Crippen LogP contribution in [0.1, 0.15) is 36.2 Å². The van der Waals surface area contributed by atoms with Crippen molar-refractivity contribution in [3.8, 4) is 5.75 Å². The summed E-state index contributed by atoms with van der Waals surface area (Å²) in [6, 6.07) is 23.4. The normalized spacial score (nSPS) is 11.9. The number of benzene rings is 3. The molecule has 3 aromatic rings. The van der Waals surface area contributed by atoms with Crippen LogP contribution in [0.2, 0.25) is 0 Å². The van der Waals surface area contributed by atoms with E-state index in [0.29, 0.717) is 30.7 Å². The van der Waals surface area contributed by atoms with Crippen LogP contribution in [-0.4, -0.2) is 36.2 Å². The predicted octanol–water partition coefficient (Wildman–Crippen LogP) is 5.30. The number of anilines is 1. The number of rotatable bonds is 11. The van der Waals surface area contributed by atoms with Crippen molar-refractivity contribution in [2.45, 2.75) is 38.8 Å². The molecule has 3 aromatic carbocycles. The first-order valence-electron chi connectivity index (χ1n) is 10.9. The van der Waals surface area contributed by atoms with Crippen LogP contribution in [0.3, 0.4) is 0 Å². The summed E-state index contributed by atoms with van der Waals surface area (Å²) in [5, 5.41) is 10.6. The summed E-state index contributed by atoms with van der Waals surface area (Å²) in [7, 11) is 0. The summed E-state index contributed by atoms with van der Waals surface area (Å²) in [5.41, 5.74) is 2.44. The number of ether oxygens (including phenoxy) is 1. The van der Waals surface area contributed by atoms with Gasteiger partial charge in [-0.1, -0.05) is 42.5 Å². The van der Waals surface area contributed by atoms with Crippen molar-refractivity contribution in [2.75, 3.05) is 18.1 Å². The fourth-order valence-electron chi connectivity index (χ4n) is 3.57. The van der Waals surface area contributed by atoms with Gasteiger partial charge in [0, 0.05) is 24.7 Å². The van der Waals surface area contributed by atoms with Crippen LogP contribution in [-0.2, 0) is 6.42 Å². The van der Waals surface area contributed by atoms with Gasteiger partial charge in [0.1, 0.15) is 24.3 Å². The number of aliphatic hydroxyl groups is 1. The summed E-state index contributed by atoms with van der Waals surface area (Å²) >= 11 is 0. The van der Waals surface area contributed by atoms with Crippen LogP contribution in [0.15, 0.2) is 78.9 Å². The SMILES string of the molecule is CC(C)N(CC(O)COc1ccccc1C(=O)CCc1ccc(F)cc1)c1ccccc1. The minimum Gasteiger partial charge on any atom is -0.490 e. The van der Waals surface area contributed by atoms with Gasteiger partial charge in [-0.25, -0.2) is 4.39 Å². The van der Waals surface area contributed by atoms with Gasteiger partial charge in [0.05, 0.1) is 5.56 Å². The summed E-state index contributed by atoms with van der Waals surface area (Å²) in [5.74, 6) is 0.125. The van der Waals surface area contributed by atoms with Crippen molar-refractivity contribution < 1.29 is 19.0 Å². The fourth-order valence-corrected chi connectivity index (χ4v) is 3.57. The maximum absolute atomic E-state index is 13.1. The van der Waals surface area contributed by atoms with E-state index in [4.69, 9.17) is 4.74 Å². The van der Waals surface area contributed by atoms with E-state index >= 15 is 0 Å². The standard InChI is InChI=1S/C27H30FNO3/c1-20(2)29(23-8-4-3-5-9-23)18-24(30)19-32-27-11-7-6-10-25(27)26(31)17-14-21-12-15-22(28)16-13-21/h3-13,15-16,20,24,30H,14,17-19H2,1-2H3. The molecule has 0 spiro atoms. The Morgan fingerprint density at radius 1 is 0.969 bits per heavy atom. The third-order valence-corrected chi connectivity index (χ3v) is 5.29. The van der Waals surface area contributed by atoms with Crippen molar-refractivity contribution in [1.82, 2.24) is 0 Å². The van der Waals surface area contributed by atoms with Crippen molar-refractivity contribution in [3.05, 3.63) is 95.8 Å². The second-order valence-corrected chi connectivity index (χ2v) is 8.09. The molecule has 3 rings (SSSR count). The van der Waals surface area contributed by atoms with Crippen molar-refractivity contribution in [3.63, 3.8) is 0 Å². The van der Waals surface area contributed by atoms with Gasteiger partial charge in [0.2, 0.25) is 0 Å². The quantitative estimate of drug-likeness (QED) is 0.416. The molecule has 0 saturated heterocycles. The van der Waals surface area contributed by atoms with Gasteiger partial charge in [0.25, 0.3) is 0 Å². The highest BCUT2D eigenvalue weighted by atomic mass is 19.1. The monoisotopic (exact) mass is 435 g/mol. The molecule has 1 unspecified atom stereocenters. The number of carbonyl (C=O) groups is 1. The molecule has 5 heteroatoms. The number of hydrogen-bond acceptors (Lipinski definition) is 4. The topological polar surface area (TPSA) is 49.8 Å². The first-order valence-corrected chi connectivity index (χ1v) is 10.9. The van der Waals surface area contributed by atoms with Crippen LogP contribution >= 0.6 is 0 Å². The zero-order valence-corrected chi connectivity index (χ0v) is 18.6. The Hall–Kier alpha value is -3.18. The van der Waals surface area contributed by atoms with Crippen LogP contribution in [0.4, 0.5) is 10.1 Å². The largest absolute Gasteiger partial charge is 0.490 e. The molecule has 0 aliphatic rings. The van der Waals surface area contributed by atoms with E-state index < -0.39 is 6.10 Å². The summed E-state index contributed by atoms with van der Waals surface area (Å²) < 4.78 is 18.9. The molecule has 0 heterocycles. The molecule has 1 N–H and O–H groups in total. The summed E-state index contributed by atoms with van der Waals surface area (Å²) in [6.45, 7) is 4.66. The van der Waals surface area contributed by atoms with Gasteiger partial charge in [-0.15, -0.1) is 0 Å². The van der Waals surface area contributed by atoms with E-state index in [9.17, 15) is 14.3 Å². The lowest BCUT2D eigenvalue weighted by atomic mass is 10.0. The van der Waals surface area contributed by atoms with E-state index in [2.05, 4.69) is 18.7 Å². The minimum absolute atomic E-state index is 0.0486. The van der Waals surface area contributed by atoms with Crippen LogP contribution in [0, 0.1) is 5.82 Å². The number of halogens is 1. The molecule has 0 aliphatic carbocycles. The Kier molecular flexibility index (Phi) is 8.40. The molecule has 0 amide bonds. The predicted molar refractivity (Wildman–Crippen MR) is 126 cm³/mol. The molecule has 4 nitrogen and oxygen atoms in total. The molecule has 32 heavy (non-hydrogen) atoms.